The van der Waals surface area contributed by atoms with E-state index in [0.717, 1.165) is 0 Å². The quantitative estimate of drug-likeness (QED) is 0.483. The van der Waals surface area contributed by atoms with E-state index < -0.39 is 0 Å². The van der Waals surface area contributed by atoms with Crippen LogP contribution < -0.4 is 0 Å². The molecule has 0 saturated heterocycles. The lowest BCUT2D eigenvalue weighted by molar-refractivity contribution is 0.109. The third-order valence-corrected chi connectivity index (χ3v) is 1.85. The lowest BCUT2D eigenvalue weighted by Gasteiger charge is -1.81. The molecule has 0 amide bonds. The van der Waals surface area contributed by atoms with E-state index in [2.05, 4.69) is 25.3 Å². The maximum Gasteiger partial charge on any atom is 0.186 e. The summed E-state index contributed by atoms with van der Waals surface area (Å²) in [5.41, 5.74) is 0. The molecule has 0 aromatic carbocycles. The molecule has 0 bridgehead atoms. The Bertz CT molecular complexity index is 229. The summed E-state index contributed by atoms with van der Waals surface area (Å²) >= 11 is 7.88. The highest BCUT2D eigenvalue weighted by Crippen LogP contribution is 2.22. The number of hydrogen-bond donors (Lipinski definition) is 2. The predicted octanol–water partition coefficient (Wildman–Crippen LogP) is 1.67. The minimum absolute atomic E-state index is 0.225. The van der Waals surface area contributed by atoms with E-state index in [-0.39, 0.29) is 5.76 Å². The van der Waals surface area contributed by atoms with E-state index in [4.69, 9.17) is 4.42 Å². The molecule has 0 aliphatic carbocycles. The number of carbonyl (C=O) groups is 1. The van der Waals surface area contributed by atoms with E-state index in [1.165, 1.54) is 6.26 Å². The molecule has 0 atom stereocenters. The van der Waals surface area contributed by atoms with Gasteiger partial charge >= 0.3 is 0 Å². The highest BCUT2D eigenvalue weighted by atomic mass is 32.1. The fourth-order valence-electron chi connectivity index (χ4n) is 0.441. The molecular weight excluding hydrogens is 156 g/mol. The van der Waals surface area contributed by atoms with Gasteiger partial charge in [0.2, 0.25) is 0 Å². The van der Waals surface area contributed by atoms with Crippen molar-refractivity contribution in [2.45, 2.75) is 9.79 Å². The van der Waals surface area contributed by atoms with Gasteiger partial charge in [-0.3, -0.25) is 4.79 Å². The molecular formula is C5H4O2S2. The molecule has 0 spiro atoms. The standard InChI is InChI=1S/C5H4O2S2/c6-1-3-5(9)4(8)2-7-3/h1-2,8-9H. The van der Waals surface area contributed by atoms with Crippen molar-refractivity contribution in [3.8, 4) is 0 Å². The van der Waals surface area contributed by atoms with Crippen molar-refractivity contribution >= 4 is 31.5 Å². The predicted molar refractivity (Wildman–Crippen MR) is 38.6 cm³/mol. The Morgan fingerprint density at radius 1 is 1.56 bits per heavy atom. The SMILES string of the molecule is O=Cc1occ(S)c1S. The summed E-state index contributed by atoms with van der Waals surface area (Å²) in [6, 6.07) is 0. The summed E-state index contributed by atoms with van der Waals surface area (Å²) in [6.45, 7) is 0. The topological polar surface area (TPSA) is 30.2 Å². The van der Waals surface area contributed by atoms with Crippen molar-refractivity contribution < 1.29 is 9.21 Å². The van der Waals surface area contributed by atoms with Crippen molar-refractivity contribution in [1.82, 2.24) is 0 Å². The van der Waals surface area contributed by atoms with Gasteiger partial charge in [0, 0.05) is 0 Å². The van der Waals surface area contributed by atoms with Crippen LogP contribution in [0.5, 0.6) is 0 Å². The molecule has 0 saturated carbocycles. The molecule has 0 aliphatic rings. The zero-order valence-corrected chi connectivity index (χ0v) is 6.15. The molecule has 1 aromatic heterocycles. The van der Waals surface area contributed by atoms with Gasteiger partial charge in [0.15, 0.2) is 12.0 Å². The highest BCUT2D eigenvalue weighted by Gasteiger charge is 2.04. The van der Waals surface area contributed by atoms with Gasteiger partial charge in [-0.1, -0.05) is 0 Å². The van der Waals surface area contributed by atoms with E-state index in [9.17, 15) is 4.79 Å². The van der Waals surface area contributed by atoms with Crippen molar-refractivity contribution in [3.63, 3.8) is 0 Å². The van der Waals surface area contributed by atoms with Crippen molar-refractivity contribution in [2.75, 3.05) is 0 Å². The smallest absolute Gasteiger partial charge is 0.186 e. The lowest BCUT2D eigenvalue weighted by atomic mass is 10.5. The van der Waals surface area contributed by atoms with Crippen LogP contribution in [-0.4, -0.2) is 6.29 Å². The Morgan fingerprint density at radius 3 is 2.44 bits per heavy atom. The van der Waals surface area contributed by atoms with Crippen LogP contribution in [0.4, 0.5) is 0 Å². The van der Waals surface area contributed by atoms with Gasteiger partial charge in [0.05, 0.1) is 9.79 Å². The second-order valence-corrected chi connectivity index (χ2v) is 2.38. The second kappa shape index (κ2) is 2.49. The van der Waals surface area contributed by atoms with Gasteiger partial charge < -0.3 is 4.42 Å². The van der Waals surface area contributed by atoms with Crippen LogP contribution in [-0.2, 0) is 0 Å². The summed E-state index contributed by atoms with van der Waals surface area (Å²) in [7, 11) is 0. The maximum atomic E-state index is 10.1. The third-order valence-electron chi connectivity index (χ3n) is 0.881. The first-order valence-corrected chi connectivity index (χ1v) is 3.09. The Balaban J connectivity index is 3.18. The van der Waals surface area contributed by atoms with Gasteiger partial charge in [-0.15, -0.1) is 25.3 Å². The monoisotopic (exact) mass is 160 g/mol. The van der Waals surface area contributed by atoms with Crippen LogP contribution in [0.15, 0.2) is 20.5 Å². The molecule has 1 heterocycles. The number of aldehydes is 1. The van der Waals surface area contributed by atoms with Crippen LogP contribution in [0.3, 0.4) is 0 Å². The van der Waals surface area contributed by atoms with Crippen LogP contribution in [0.25, 0.3) is 0 Å². The minimum atomic E-state index is 0.225. The zero-order valence-electron chi connectivity index (χ0n) is 4.37. The Hall–Kier alpha value is -0.350. The summed E-state index contributed by atoms with van der Waals surface area (Å²) in [5, 5.41) is 0. The molecule has 4 heteroatoms. The summed E-state index contributed by atoms with van der Waals surface area (Å²) < 4.78 is 4.72. The molecule has 48 valence electrons. The Kier molecular flexibility index (Phi) is 1.87. The molecule has 1 aromatic rings. The molecule has 0 fully saturated rings. The van der Waals surface area contributed by atoms with Crippen molar-refractivity contribution in [3.05, 3.63) is 12.0 Å². The first-order valence-electron chi connectivity index (χ1n) is 2.20. The van der Waals surface area contributed by atoms with Gasteiger partial charge in [-0.2, -0.15) is 0 Å². The number of carbonyl (C=O) groups excluding carboxylic acids is 1. The van der Waals surface area contributed by atoms with Crippen molar-refractivity contribution in [2.24, 2.45) is 0 Å². The first kappa shape index (κ1) is 6.77. The van der Waals surface area contributed by atoms with Gasteiger partial charge in [0.1, 0.15) is 6.26 Å². The van der Waals surface area contributed by atoms with Crippen molar-refractivity contribution in [1.29, 1.82) is 0 Å². The fraction of sp³-hybridized carbons (Fsp3) is 0. The molecule has 1 rings (SSSR count). The van der Waals surface area contributed by atoms with E-state index >= 15 is 0 Å². The third kappa shape index (κ3) is 1.14. The molecule has 2 nitrogen and oxygen atoms in total. The number of thiol groups is 2. The van der Waals surface area contributed by atoms with Crippen LogP contribution in [0.2, 0.25) is 0 Å². The van der Waals surface area contributed by atoms with Gasteiger partial charge in [-0.25, -0.2) is 0 Å². The molecule has 0 N–H and O–H groups in total. The number of rotatable bonds is 1. The highest BCUT2D eigenvalue weighted by molar-refractivity contribution is 7.83. The van der Waals surface area contributed by atoms with Crippen LogP contribution >= 0.6 is 25.3 Å². The van der Waals surface area contributed by atoms with E-state index in [0.29, 0.717) is 16.1 Å². The molecule has 0 unspecified atom stereocenters. The largest absolute Gasteiger partial charge is 0.459 e. The van der Waals surface area contributed by atoms with E-state index in [1.54, 1.807) is 0 Å². The molecule has 0 radical (unpaired) electrons. The maximum absolute atomic E-state index is 10.1. The van der Waals surface area contributed by atoms with E-state index in [1.807, 2.05) is 0 Å². The lowest BCUT2D eigenvalue weighted by Crippen LogP contribution is -1.72. The Morgan fingerprint density at radius 2 is 2.22 bits per heavy atom. The minimum Gasteiger partial charge on any atom is -0.459 e. The average Bonchev–Trinajstić information content (AvgIpc) is 2.15. The second-order valence-electron chi connectivity index (χ2n) is 1.45. The molecule has 0 aliphatic heterocycles. The Labute approximate surface area is 63.1 Å². The van der Waals surface area contributed by atoms with Crippen LogP contribution in [0, 0.1) is 0 Å². The number of furan rings is 1. The first-order chi connectivity index (χ1) is 4.25. The summed E-state index contributed by atoms with van der Waals surface area (Å²) in [4.78, 5) is 11.1. The average molecular weight is 160 g/mol. The zero-order chi connectivity index (χ0) is 6.85. The van der Waals surface area contributed by atoms with Gasteiger partial charge in [-0.05, 0) is 0 Å². The summed E-state index contributed by atoms with van der Waals surface area (Å²) in [6.07, 6.45) is 1.97. The summed E-state index contributed by atoms with van der Waals surface area (Å²) in [5.74, 6) is 0.225. The van der Waals surface area contributed by atoms with Crippen LogP contribution in [0.1, 0.15) is 10.6 Å². The number of hydrogen-bond acceptors (Lipinski definition) is 4. The normalized spacial score (nSPS) is 9.56. The fourth-order valence-corrected chi connectivity index (χ4v) is 0.762. The van der Waals surface area contributed by atoms with Gasteiger partial charge in [0.25, 0.3) is 0 Å². The molecule has 9 heavy (non-hydrogen) atoms.